The third-order valence-corrected chi connectivity index (χ3v) is 3.92. The van der Waals surface area contributed by atoms with Crippen LogP contribution in [0.25, 0.3) is 0 Å². The molecule has 24 heavy (non-hydrogen) atoms. The van der Waals surface area contributed by atoms with Crippen LogP contribution in [-0.4, -0.2) is 33.9 Å². The van der Waals surface area contributed by atoms with Crippen LogP contribution in [0, 0.1) is 5.82 Å². The highest BCUT2D eigenvalue weighted by Crippen LogP contribution is 2.22. The Morgan fingerprint density at radius 2 is 2.00 bits per heavy atom. The van der Waals surface area contributed by atoms with Gasteiger partial charge in [0, 0.05) is 0 Å². The van der Waals surface area contributed by atoms with Crippen molar-refractivity contribution in [2.45, 2.75) is 24.1 Å². The number of anilines is 1. The molecule has 6 nitrogen and oxygen atoms in total. The molecule has 0 saturated carbocycles. The highest BCUT2D eigenvalue weighted by molar-refractivity contribution is 8.00. The quantitative estimate of drug-likeness (QED) is 0.638. The van der Waals surface area contributed by atoms with Crippen molar-refractivity contribution >= 4 is 29.5 Å². The fourth-order valence-corrected chi connectivity index (χ4v) is 2.53. The molecule has 2 rings (SSSR count). The zero-order valence-corrected chi connectivity index (χ0v) is 14.0. The molecule has 1 aromatic heterocycles. The van der Waals surface area contributed by atoms with Crippen LogP contribution in [0.4, 0.5) is 10.2 Å². The molecule has 0 radical (unpaired) electrons. The summed E-state index contributed by atoms with van der Waals surface area (Å²) in [5.74, 6) is -1.36. The van der Waals surface area contributed by atoms with Gasteiger partial charge in [0.25, 0.3) is 5.91 Å². The first-order valence-corrected chi connectivity index (χ1v) is 8.12. The standard InChI is InChI=1S/C16H16FN3O3S/c1-3-23-16(22)10(2)24-14-9-8-13(19-20-14)18-15(21)11-6-4-5-7-12(11)17/h4-10H,3H2,1-2H3,(H,18,19,21). The van der Waals surface area contributed by atoms with Crippen LogP contribution in [0.3, 0.4) is 0 Å². The number of benzene rings is 1. The zero-order chi connectivity index (χ0) is 17.5. The number of esters is 1. The number of hydrogen-bond acceptors (Lipinski definition) is 6. The Balaban J connectivity index is 1.98. The van der Waals surface area contributed by atoms with Crippen molar-refractivity contribution in [2.75, 3.05) is 11.9 Å². The molecule has 1 unspecified atom stereocenters. The fourth-order valence-electron chi connectivity index (χ4n) is 1.77. The minimum atomic E-state index is -0.613. The van der Waals surface area contributed by atoms with Crippen molar-refractivity contribution in [2.24, 2.45) is 0 Å². The van der Waals surface area contributed by atoms with Gasteiger partial charge in [0.05, 0.1) is 12.2 Å². The molecule has 0 fully saturated rings. The van der Waals surface area contributed by atoms with Crippen molar-refractivity contribution < 1.29 is 18.7 Å². The number of thioether (sulfide) groups is 1. The third-order valence-electron chi connectivity index (χ3n) is 2.92. The SMILES string of the molecule is CCOC(=O)C(C)Sc1ccc(NC(=O)c2ccccc2F)nn1. The molecule has 2 aromatic rings. The van der Waals surface area contributed by atoms with E-state index < -0.39 is 17.0 Å². The Morgan fingerprint density at radius 1 is 1.25 bits per heavy atom. The molecule has 8 heteroatoms. The van der Waals surface area contributed by atoms with Gasteiger partial charge in [-0.1, -0.05) is 23.9 Å². The number of halogens is 1. The Bertz CT molecular complexity index is 725. The van der Waals surface area contributed by atoms with E-state index in [0.717, 1.165) is 0 Å². The molecule has 0 saturated heterocycles. The lowest BCUT2D eigenvalue weighted by Crippen LogP contribution is -2.17. The average molecular weight is 349 g/mol. The predicted molar refractivity (Wildman–Crippen MR) is 88.3 cm³/mol. The topological polar surface area (TPSA) is 81.2 Å². The molecule has 1 heterocycles. The van der Waals surface area contributed by atoms with Crippen LogP contribution in [0.2, 0.25) is 0 Å². The van der Waals surface area contributed by atoms with Crippen LogP contribution >= 0.6 is 11.8 Å². The molecular formula is C16H16FN3O3S. The van der Waals surface area contributed by atoms with Crippen molar-refractivity contribution in [1.82, 2.24) is 10.2 Å². The summed E-state index contributed by atoms with van der Waals surface area (Å²) in [4.78, 5) is 23.5. The fraction of sp³-hybridized carbons (Fsp3) is 0.250. The molecular weight excluding hydrogens is 333 g/mol. The maximum atomic E-state index is 13.5. The number of amides is 1. The number of nitrogens with one attached hydrogen (secondary N) is 1. The molecule has 1 N–H and O–H groups in total. The van der Waals surface area contributed by atoms with Gasteiger partial charge in [0.1, 0.15) is 16.1 Å². The first-order chi connectivity index (χ1) is 11.5. The van der Waals surface area contributed by atoms with Crippen LogP contribution in [0.5, 0.6) is 0 Å². The van der Waals surface area contributed by atoms with Gasteiger partial charge in [-0.3, -0.25) is 9.59 Å². The van der Waals surface area contributed by atoms with Crippen molar-refractivity contribution in [3.05, 3.63) is 47.8 Å². The number of carbonyl (C=O) groups excluding carboxylic acids is 2. The lowest BCUT2D eigenvalue weighted by atomic mass is 10.2. The van der Waals surface area contributed by atoms with Crippen molar-refractivity contribution in [3.8, 4) is 0 Å². The van der Waals surface area contributed by atoms with Crippen LogP contribution < -0.4 is 5.32 Å². The maximum Gasteiger partial charge on any atom is 0.319 e. The van der Waals surface area contributed by atoms with Crippen LogP contribution in [0.15, 0.2) is 41.4 Å². The monoisotopic (exact) mass is 349 g/mol. The van der Waals surface area contributed by atoms with E-state index in [4.69, 9.17) is 4.74 Å². The molecule has 0 spiro atoms. The summed E-state index contributed by atoms with van der Waals surface area (Å²) in [6.45, 7) is 3.76. The third kappa shape index (κ3) is 4.76. The smallest absolute Gasteiger partial charge is 0.319 e. The van der Waals surface area contributed by atoms with E-state index in [9.17, 15) is 14.0 Å². The summed E-state index contributed by atoms with van der Waals surface area (Å²) >= 11 is 1.20. The Hall–Kier alpha value is -2.48. The maximum absolute atomic E-state index is 13.5. The second-order valence-electron chi connectivity index (χ2n) is 4.70. The summed E-state index contributed by atoms with van der Waals surface area (Å²) in [6.07, 6.45) is 0. The summed E-state index contributed by atoms with van der Waals surface area (Å²) in [6, 6.07) is 8.81. The van der Waals surface area contributed by atoms with Crippen molar-refractivity contribution in [1.29, 1.82) is 0 Å². The molecule has 0 aliphatic rings. The van der Waals surface area contributed by atoms with E-state index in [1.807, 2.05) is 0 Å². The van der Waals surface area contributed by atoms with Gasteiger partial charge in [-0.2, -0.15) is 0 Å². The normalized spacial score (nSPS) is 11.6. The molecule has 0 aliphatic carbocycles. The van der Waals surface area contributed by atoms with E-state index in [0.29, 0.717) is 11.6 Å². The Labute approximate surface area is 142 Å². The summed E-state index contributed by atoms with van der Waals surface area (Å²) in [5.41, 5.74) is -0.0753. The van der Waals surface area contributed by atoms with Gasteiger partial charge >= 0.3 is 5.97 Å². The summed E-state index contributed by atoms with van der Waals surface area (Å²) in [5, 5.41) is 10.3. The van der Waals surface area contributed by atoms with Crippen LogP contribution in [-0.2, 0) is 9.53 Å². The highest BCUT2D eigenvalue weighted by Gasteiger charge is 2.17. The number of rotatable bonds is 6. The van der Waals surface area contributed by atoms with Gasteiger partial charge in [-0.05, 0) is 38.1 Å². The molecule has 0 aliphatic heterocycles. The number of nitrogens with zero attached hydrogens (tertiary/aromatic N) is 2. The van der Waals surface area contributed by atoms with Gasteiger partial charge < -0.3 is 10.1 Å². The van der Waals surface area contributed by atoms with Gasteiger partial charge in [0.15, 0.2) is 5.82 Å². The Morgan fingerprint density at radius 3 is 2.62 bits per heavy atom. The van der Waals surface area contributed by atoms with Crippen molar-refractivity contribution in [3.63, 3.8) is 0 Å². The van der Waals surface area contributed by atoms with E-state index in [1.165, 1.54) is 36.0 Å². The number of aromatic nitrogens is 2. The minimum absolute atomic E-state index is 0.0753. The number of carbonyl (C=O) groups is 2. The second-order valence-corrected chi connectivity index (χ2v) is 6.06. The predicted octanol–water partition coefficient (Wildman–Crippen LogP) is 2.91. The lowest BCUT2D eigenvalue weighted by Gasteiger charge is -2.09. The van der Waals surface area contributed by atoms with Crippen LogP contribution in [0.1, 0.15) is 24.2 Å². The van der Waals surface area contributed by atoms with E-state index in [2.05, 4.69) is 15.5 Å². The number of ether oxygens (including phenoxy) is 1. The summed E-state index contributed by atoms with van der Waals surface area (Å²) in [7, 11) is 0. The molecule has 1 aromatic carbocycles. The van der Waals surface area contributed by atoms with Gasteiger partial charge in [-0.25, -0.2) is 4.39 Å². The Kier molecular flexibility index (Phi) is 6.25. The second kappa shape index (κ2) is 8.39. The van der Waals surface area contributed by atoms with Gasteiger partial charge in [-0.15, -0.1) is 10.2 Å². The first-order valence-electron chi connectivity index (χ1n) is 7.24. The molecule has 0 bridgehead atoms. The van der Waals surface area contributed by atoms with E-state index in [1.54, 1.807) is 26.0 Å². The van der Waals surface area contributed by atoms with E-state index in [-0.39, 0.29) is 17.4 Å². The van der Waals surface area contributed by atoms with Gasteiger partial charge in [0.2, 0.25) is 0 Å². The average Bonchev–Trinajstić information content (AvgIpc) is 2.57. The molecule has 1 atom stereocenters. The molecule has 126 valence electrons. The first kappa shape index (κ1) is 17.9. The zero-order valence-electron chi connectivity index (χ0n) is 13.2. The van der Waals surface area contributed by atoms with E-state index >= 15 is 0 Å². The minimum Gasteiger partial charge on any atom is -0.465 e. The largest absolute Gasteiger partial charge is 0.465 e. The lowest BCUT2D eigenvalue weighted by molar-refractivity contribution is -0.142. The number of hydrogen-bond donors (Lipinski definition) is 1. The summed E-state index contributed by atoms with van der Waals surface area (Å²) < 4.78 is 18.5. The molecule has 1 amide bonds. The highest BCUT2D eigenvalue weighted by atomic mass is 32.2.